The lowest BCUT2D eigenvalue weighted by Gasteiger charge is -2.35. The number of aryl methyl sites for hydroxylation is 1. The molecule has 1 aromatic carbocycles. The minimum atomic E-state index is -0.218. The van der Waals surface area contributed by atoms with E-state index < -0.39 is 0 Å². The van der Waals surface area contributed by atoms with Crippen molar-refractivity contribution in [3.05, 3.63) is 50.1 Å². The first-order chi connectivity index (χ1) is 14.5. The third-order valence-electron chi connectivity index (χ3n) is 5.67. The molecule has 1 saturated heterocycles. The summed E-state index contributed by atoms with van der Waals surface area (Å²) in [5.74, 6) is 0.390. The van der Waals surface area contributed by atoms with Crippen molar-refractivity contribution in [2.45, 2.75) is 38.8 Å². The zero-order chi connectivity index (χ0) is 21.3. The van der Waals surface area contributed by atoms with Crippen molar-refractivity contribution in [2.75, 3.05) is 26.2 Å². The normalized spacial score (nSPS) is 16.9. The summed E-state index contributed by atoms with van der Waals surface area (Å²) in [6.07, 6.45) is 3.82. The molecular formula is C20H23Cl2N5O3. The third kappa shape index (κ3) is 4.11. The van der Waals surface area contributed by atoms with E-state index in [1.54, 1.807) is 32.6 Å². The van der Waals surface area contributed by atoms with Crippen molar-refractivity contribution in [2.24, 2.45) is 0 Å². The summed E-state index contributed by atoms with van der Waals surface area (Å²) in [5.41, 5.74) is 0.139. The molecule has 0 saturated carbocycles. The maximum atomic E-state index is 12.7. The Hall–Kier alpha value is -2.32. The van der Waals surface area contributed by atoms with E-state index in [-0.39, 0.29) is 29.1 Å². The van der Waals surface area contributed by atoms with E-state index in [1.165, 1.54) is 4.68 Å². The lowest BCUT2D eigenvalue weighted by molar-refractivity contribution is -0.133. The Morgan fingerprint density at radius 3 is 2.47 bits per heavy atom. The molecule has 0 bridgehead atoms. The molecule has 2 aliphatic heterocycles. The van der Waals surface area contributed by atoms with Crippen LogP contribution in [0.1, 0.15) is 35.4 Å². The predicted molar refractivity (Wildman–Crippen MR) is 113 cm³/mol. The van der Waals surface area contributed by atoms with Gasteiger partial charge in [0, 0.05) is 39.1 Å². The monoisotopic (exact) mass is 451 g/mol. The maximum absolute atomic E-state index is 12.7. The summed E-state index contributed by atoms with van der Waals surface area (Å²) >= 11 is 12.2. The van der Waals surface area contributed by atoms with Gasteiger partial charge in [0.05, 0.1) is 15.6 Å². The Labute approximate surface area is 184 Å². The summed E-state index contributed by atoms with van der Waals surface area (Å²) in [7, 11) is 0. The van der Waals surface area contributed by atoms with E-state index in [2.05, 4.69) is 5.10 Å². The van der Waals surface area contributed by atoms with Crippen molar-refractivity contribution < 1.29 is 9.59 Å². The number of carbonyl (C=O) groups is 2. The molecule has 1 aromatic heterocycles. The van der Waals surface area contributed by atoms with Crippen LogP contribution >= 0.6 is 23.2 Å². The van der Waals surface area contributed by atoms with Gasteiger partial charge in [-0.15, -0.1) is 0 Å². The summed E-state index contributed by atoms with van der Waals surface area (Å²) in [4.78, 5) is 41.4. The Kier molecular flexibility index (Phi) is 6.15. The lowest BCUT2D eigenvalue weighted by Crippen LogP contribution is -2.51. The number of hydrogen-bond acceptors (Lipinski definition) is 4. The molecule has 2 aliphatic rings. The maximum Gasteiger partial charge on any atom is 0.346 e. The lowest BCUT2D eigenvalue weighted by atomic mass is 10.1. The molecule has 0 atom stereocenters. The summed E-state index contributed by atoms with van der Waals surface area (Å²) in [6.45, 7) is 2.16. The Bertz CT molecular complexity index is 1020. The fraction of sp³-hybridized carbons (Fsp3) is 0.500. The molecule has 1 fully saturated rings. The molecule has 0 radical (unpaired) electrons. The van der Waals surface area contributed by atoms with Gasteiger partial charge in [-0.3, -0.25) is 14.2 Å². The number of carbonyl (C=O) groups excluding carboxylic acids is 2. The largest absolute Gasteiger partial charge is 0.346 e. The van der Waals surface area contributed by atoms with E-state index in [9.17, 15) is 14.4 Å². The number of fused-ring (bicyclic) bond motifs is 1. The van der Waals surface area contributed by atoms with Crippen LogP contribution in [0.3, 0.4) is 0 Å². The van der Waals surface area contributed by atoms with Gasteiger partial charge in [0.25, 0.3) is 5.91 Å². The number of nitrogens with zero attached hydrogens (tertiary/aromatic N) is 5. The molecule has 0 aliphatic carbocycles. The highest BCUT2D eigenvalue weighted by Crippen LogP contribution is 2.26. The van der Waals surface area contributed by atoms with Crippen LogP contribution in [0.4, 0.5) is 0 Å². The highest BCUT2D eigenvalue weighted by atomic mass is 35.5. The van der Waals surface area contributed by atoms with Gasteiger partial charge in [0.15, 0.2) is 0 Å². The zero-order valence-electron chi connectivity index (χ0n) is 16.5. The summed E-state index contributed by atoms with van der Waals surface area (Å²) in [5, 5.41) is 4.94. The summed E-state index contributed by atoms with van der Waals surface area (Å²) in [6, 6.07) is 4.96. The van der Waals surface area contributed by atoms with Crippen LogP contribution < -0.4 is 5.69 Å². The van der Waals surface area contributed by atoms with Gasteiger partial charge in [0.2, 0.25) is 5.91 Å². The average molecular weight is 452 g/mol. The predicted octanol–water partition coefficient (Wildman–Crippen LogP) is 2.06. The molecule has 4 rings (SSSR count). The number of halogens is 2. The number of piperazine rings is 1. The molecule has 2 amide bonds. The first-order valence-corrected chi connectivity index (χ1v) is 10.9. The van der Waals surface area contributed by atoms with Gasteiger partial charge in [-0.05, 0) is 25.0 Å². The van der Waals surface area contributed by atoms with Gasteiger partial charge in [0.1, 0.15) is 12.4 Å². The Morgan fingerprint density at radius 1 is 0.967 bits per heavy atom. The number of aromatic nitrogens is 3. The quantitative estimate of drug-likeness (QED) is 0.714. The van der Waals surface area contributed by atoms with Gasteiger partial charge < -0.3 is 9.80 Å². The number of benzene rings is 1. The standard InChI is InChI=1S/C20H23Cl2N5O3/c21-15-6-4-5-14(18(15)22)19(29)25-11-9-24(10-12-25)17(28)13-27-20(30)26-8-3-1-2-7-16(26)23-27/h4-6H,1-3,7-13H2. The topological polar surface area (TPSA) is 80.4 Å². The van der Waals surface area contributed by atoms with Crippen LogP contribution in [0, 0.1) is 0 Å². The average Bonchev–Trinajstić information content (AvgIpc) is 2.91. The fourth-order valence-corrected chi connectivity index (χ4v) is 4.34. The highest BCUT2D eigenvalue weighted by Gasteiger charge is 2.27. The SMILES string of the molecule is O=C(Cn1nc2n(c1=O)CCCCC2)N1CCN(C(=O)c2cccc(Cl)c2Cl)CC1. The molecule has 3 heterocycles. The molecule has 10 heteroatoms. The number of hydrogen-bond donors (Lipinski definition) is 0. The van der Waals surface area contributed by atoms with Crippen LogP contribution in [0.15, 0.2) is 23.0 Å². The molecule has 30 heavy (non-hydrogen) atoms. The van der Waals surface area contributed by atoms with Crippen molar-refractivity contribution in [1.82, 2.24) is 24.1 Å². The first-order valence-electron chi connectivity index (χ1n) is 10.1. The zero-order valence-corrected chi connectivity index (χ0v) is 18.0. The molecule has 0 N–H and O–H groups in total. The minimum Gasteiger partial charge on any atom is -0.338 e. The van der Waals surface area contributed by atoms with Gasteiger partial charge in [-0.1, -0.05) is 35.7 Å². The second kappa shape index (κ2) is 8.81. The van der Waals surface area contributed by atoms with Crippen LogP contribution in [0.5, 0.6) is 0 Å². The number of amides is 2. The van der Waals surface area contributed by atoms with E-state index >= 15 is 0 Å². The second-order valence-electron chi connectivity index (χ2n) is 7.59. The van der Waals surface area contributed by atoms with Crippen LogP contribution in [0.2, 0.25) is 10.0 Å². The van der Waals surface area contributed by atoms with Crippen molar-refractivity contribution in [1.29, 1.82) is 0 Å². The highest BCUT2D eigenvalue weighted by molar-refractivity contribution is 6.43. The molecule has 160 valence electrons. The van der Waals surface area contributed by atoms with E-state index in [0.29, 0.717) is 43.3 Å². The molecule has 8 nitrogen and oxygen atoms in total. The van der Waals surface area contributed by atoms with Crippen LogP contribution in [0.25, 0.3) is 0 Å². The fourth-order valence-electron chi connectivity index (χ4n) is 3.95. The van der Waals surface area contributed by atoms with Gasteiger partial charge in [-0.2, -0.15) is 5.10 Å². The van der Waals surface area contributed by atoms with Gasteiger partial charge >= 0.3 is 5.69 Å². The number of rotatable bonds is 3. The molecule has 0 spiro atoms. The van der Waals surface area contributed by atoms with Crippen molar-refractivity contribution in [3.63, 3.8) is 0 Å². The van der Waals surface area contributed by atoms with E-state index in [1.807, 2.05) is 0 Å². The minimum absolute atomic E-state index is 0.0765. The first kappa shape index (κ1) is 20.9. The Balaban J connectivity index is 1.37. The van der Waals surface area contributed by atoms with Crippen molar-refractivity contribution >= 4 is 35.0 Å². The van der Waals surface area contributed by atoms with Crippen molar-refractivity contribution in [3.8, 4) is 0 Å². The summed E-state index contributed by atoms with van der Waals surface area (Å²) < 4.78 is 2.96. The second-order valence-corrected chi connectivity index (χ2v) is 8.38. The van der Waals surface area contributed by atoms with Crippen LogP contribution in [-0.2, 0) is 24.3 Å². The van der Waals surface area contributed by atoms with E-state index in [4.69, 9.17) is 23.2 Å². The molecular weight excluding hydrogens is 429 g/mol. The third-order valence-corrected chi connectivity index (χ3v) is 6.49. The van der Waals surface area contributed by atoms with Gasteiger partial charge in [-0.25, -0.2) is 9.48 Å². The van der Waals surface area contributed by atoms with Crippen LogP contribution in [-0.4, -0.2) is 62.1 Å². The Morgan fingerprint density at radius 2 is 1.70 bits per heavy atom. The molecule has 0 unspecified atom stereocenters. The molecule has 2 aromatic rings. The smallest absolute Gasteiger partial charge is 0.338 e. The van der Waals surface area contributed by atoms with E-state index in [0.717, 1.165) is 31.5 Å².